The molecule has 1 N–H and O–H groups in total. The van der Waals surface area contributed by atoms with Crippen LogP contribution in [-0.4, -0.2) is 50.1 Å². The summed E-state index contributed by atoms with van der Waals surface area (Å²) in [6, 6.07) is 8.23. The largest absolute Gasteiger partial charge is 0.540 e. The summed E-state index contributed by atoms with van der Waals surface area (Å²) in [5.41, 5.74) is 1.20. The van der Waals surface area contributed by atoms with Crippen molar-refractivity contribution in [3.63, 3.8) is 0 Å². The summed E-state index contributed by atoms with van der Waals surface area (Å²) >= 11 is 0. The number of hydrogen-bond donors (Lipinski definition) is 1. The summed E-state index contributed by atoms with van der Waals surface area (Å²) in [4.78, 5) is 24.6. The van der Waals surface area contributed by atoms with Crippen LogP contribution in [0.2, 0.25) is 0 Å². The van der Waals surface area contributed by atoms with E-state index in [-0.39, 0.29) is 6.04 Å². The first kappa shape index (κ1) is 15.3. The fourth-order valence-electron chi connectivity index (χ4n) is 2.69. The fraction of sp³-hybridized carbons (Fsp3) is 0.467. The van der Waals surface area contributed by atoms with Crippen molar-refractivity contribution in [2.75, 3.05) is 33.3 Å². The van der Waals surface area contributed by atoms with Crippen LogP contribution >= 0.6 is 0 Å². The van der Waals surface area contributed by atoms with Gasteiger partial charge in [-0.25, -0.2) is 0 Å². The number of ether oxygens (including phenoxy) is 1. The van der Waals surface area contributed by atoms with E-state index in [4.69, 9.17) is 4.74 Å². The molecule has 1 aliphatic rings. The summed E-state index contributed by atoms with van der Waals surface area (Å²) in [7, 11) is 1.64. The summed E-state index contributed by atoms with van der Waals surface area (Å²) in [6.45, 7) is 4.48. The number of hydrogen-bond acceptors (Lipinski definition) is 4. The average molecular weight is 292 g/mol. The van der Waals surface area contributed by atoms with Gasteiger partial charge in [0, 0.05) is 5.56 Å². The first-order valence-corrected chi connectivity index (χ1v) is 7.01. The predicted octanol–water partition coefficient (Wildman–Crippen LogP) is -1.77. The van der Waals surface area contributed by atoms with Crippen LogP contribution < -0.4 is 14.7 Å². The fourth-order valence-corrected chi connectivity index (χ4v) is 2.69. The number of quaternary nitrogens is 1. The number of carbonyl (C=O) groups excluding carboxylic acids is 2. The minimum absolute atomic E-state index is 0.288. The van der Waals surface area contributed by atoms with Crippen LogP contribution in [0.15, 0.2) is 24.3 Å². The van der Waals surface area contributed by atoms with Crippen molar-refractivity contribution in [3.8, 4) is 5.75 Å². The van der Waals surface area contributed by atoms with E-state index in [9.17, 15) is 14.7 Å². The third kappa shape index (κ3) is 3.52. The van der Waals surface area contributed by atoms with Gasteiger partial charge in [-0.05, 0) is 31.2 Å². The van der Waals surface area contributed by atoms with E-state index in [2.05, 4.69) is 6.92 Å². The Bertz CT molecular complexity index is 507. The monoisotopic (exact) mass is 292 g/mol. The number of carboxylic acid groups (broad SMARTS) is 1. The minimum Gasteiger partial charge on any atom is -0.540 e. The van der Waals surface area contributed by atoms with E-state index in [0.29, 0.717) is 13.1 Å². The van der Waals surface area contributed by atoms with Gasteiger partial charge >= 0.3 is 0 Å². The average Bonchev–Trinajstić information content (AvgIpc) is 2.53. The third-order valence-corrected chi connectivity index (χ3v) is 4.10. The van der Waals surface area contributed by atoms with Crippen molar-refractivity contribution < 1.29 is 24.3 Å². The lowest BCUT2D eigenvalue weighted by molar-refractivity contribution is -0.933. The number of carbonyl (C=O) groups is 2. The van der Waals surface area contributed by atoms with Gasteiger partial charge in [0.05, 0.1) is 33.3 Å². The minimum atomic E-state index is -1.62. The van der Waals surface area contributed by atoms with Crippen molar-refractivity contribution in [1.82, 2.24) is 4.90 Å². The smallest absolute Gasteiger partial charge is 0.269 e. The second-order valence-electron chi connectivity index (χ2n) is 5.23. The number of piperazine rings is 1. The second kappa shape index (κ2) is 6.58. The van der Waals surface area contributed by atoms with Crippen molar-refractivity contribution in [2.45, 2.75) is 13.0 Å². The molecule has 6 heteroatoms. The lowest BCUT2D eigenvalue weighted by Gasteiger charge is -2.35. The molecule has 0 aliphatic carbocycles. The predicted molar refractivity (Wildman–Crippen MR) is 73.7 cm³/mol. The van der Waals surface area contributed by atoms with E-state index >= 15 is 0 Å². The van der Waals surface area contributed by atoms with Crippen LogP contribution in [0.5, 0.6) is 5.75 Å². The highest BCUT2D eigenvalue weighted by molar-refractivity contribution is 6.30. The number of aliphatic carboxylic acids is 1. The quantitative estimate of drug-likeness (QED) is 0.669. The lowest BCUT2D eigenvalue weighted by Crippen LogP contribution is -3.14. The first-order chi connectivity index (χ1) is 10.0. The van der Waals surface area contributed by atoms with E-state index in [1.165, 1.54) is 15.4 Å². The van der Waals surface area contributed by atoms with Crippen LogP contribution in [0.4, 0.5) is 0 Å². The Kier molecular flexibility index (Phi) is 4.80. The molecule has 1 aromatic rings. The highest BCUT2D eigenvalue weighted by Crippen LogP contribution is 2.15. The van der Waals surface area contributed by atoms with Crippen molar-refractivity contribution in [1.29, 1.82) is 0 Å². The molecular weight excluding hydrogens is 272 g/mol. The standard InChI is InChI=1S/C15H20N2O4/c1-11(12-3-5-13(21-2)6-4-12)16-7-9-17(10-8-16)14(18)15(19)20/h3-6,11H,7-10H2,1-2H3,(H,19,20)/t11-/m0/s1. The zero-order chi connectivity index (χ0) is 15.4. The van der Waals surface area contributed by atoms with Gasteiger partial charge in [-0.2, -0.15) is 0 Å². The zero-order valence-corrected chi connectivity index (χ0v) is 12.3. The Balaban J connectivity index is 1.94. The maximum Gasteiger partial charge on any atom is 0.269 e. The van der Waals surface area contributed by atoms with E-state index in [0.717, 1.165) is 18.8 Å². The van der Waals surface area contributed by atoms with Gasteiger partial charge < -0.3 is 24.4 Å². The number of methoxy groups -OCH3 is 1. The topological polar surface area (TPSA) is 74.1 Å². The molecule has 1 heterocycles. The SMILES string of the molecule is COc1ccc([C@H](C)[NH+]2CCN(C(=O)C(=O)[O-])CC2)cc1. The van der Waals surface area contributed by atoms with E-state index in [1.54, 1.807) is 7.11 Å². The zero-order valence-electron chi connectivity index (χ0n) is 12.3. The van der Waals surface area contributed by atoms with Crippen LogP contribution in [0.1, 0.15) is 18.5 Å². The van der Waals surface area contributed by atoms with Gasteiger partial charge in [0.2, 0.25) is 0 Å². The summed E-state index contributed by atoms with van der Waals surface area (Å²) < 4.78 is 5.14. The molecule has 0 aromatic heterocycles. The normalized spacial score (nSPS) is 17.3. The van der Waals surface area contributed by atoms with Gasteiger partial charge in [0.1, 0.15) is 17.8 Å². The Hall–Kier alpha value is -2.08. The highest BCUT2D eigenvalue weighted by atomic mass is 16.5. The lowest BCUT2D eigenvalue weighted by atomic mass is 10.1. The maximum atomic E-state index is 11.4. The molecule has 21 heavy (non-hydrogen) atoms. The number of amides is 1. The number of nitrogens with one attached hydrogen (secondary N) is 1. The summed E-state index contributed by atoms with van der Waals surface area (Å²) in [5, 5.41) is 10.6. The summed E-state index contributed by atoms with van der Waals surface area (Å²) in [5.74, 6) is -1.71. The maximum absolute atomic E-state index is 11.4. The number of rotatable bonds is 3. The summed E-state index contributed by atoms with van der Waals surface area (Å²) in [6.07, 6.45) is 0. The molecule has 0 unspecified atom stereocenters. The van der Waals surface area contributed by atoms with Gasteiger partial charge in [-0.15, -0.1) is 0 Å². The molecule has 1 saturated heterocycles. The second-order valence-corrected chi connectivity index (χ2v) is 5.23. The van der Waals surface area contributed by atoms with Gasteiger partial charge in [-0.3, -0.25) is 4.79 Å². The molecule has 1 atom stereocenters. The van der Waals surface area contributed by atoms with Crippen LogP contribution in [0, 0.1) is 0 Å². The van der Waals surface area contributed by atoms with Crippen LogP contribution in [0.25, 0.3) is 0 Å². The Morgan fingerprint density at radius 1 is 1.24 bits per heavy atom. The van der Waals surface area contributed by atoms with Crippen molar-refractivity contribution in [2.24, 2.45) is 0 Å². The van der Waals surface area contributed by atoms with Crippen LogP contribution in [-0.2, 0) is 9.59 Å². The number of nitrogens with zero attached hydrogens (tertiary/aromatic N) is 1. The molecule has 0 radical (unpaired) electrons. The van der Waals surface area contributed by atoms with E-state index < -0.39 is 11.9 Å². The molecule has 1 aromatic carbocycles. The Labute approximate surface area is 123 Å². The van der Waals surface area contributed by atoms with Gasteiger partial charge in [0.15, 0.2) is 0 Å². The number of carboxylic acids is 1. The van der Waals surface area contributed by atoms with Gasteiger partial charge in [-0.1, -0.05) is 0 Å². The molecule has 114 valence electrons. The van der Waals surface area contributed by atoms with Crippen molar-refractivity contribution in [3.05, 3.63) is 29.8 Å². The van der Waals surface area contributed by atoms with Crippen LogP contribution in [0.3, 0.4) is 0 Å². The van der Waals surface area contributed by atoms with Gasteiger partial charge in [0.25, 0.3) is 5.91 Å². The molecule has 1 amide bonds. The van der Waals surface area contributed by atoms with Crippen molar-refractivity contribution >= 4 is 11.9 Å². The third-order valence-electron chi connectivity index (χ3n) is 4.10. The van der Waals surface area contributed by atoms with E-state index in [1.807, 2.05) is 24.3 Å². The molecule has 2 rings (SSSR count). The molecule has 1 aliphatic heterocycles. The number of benzene rings is 1. The molecule has 1 fully saturated rings. The highest BCUT2D eigenvalue weighted by Gasteiger charge is 2.28. The first-order valence-electron chi connectivity index (χ1n) is 7.01. The molecule has 0 saturated carbocycles. The Morgan fingerprint density at radius 3 is 2.29 bits per heavy atom. The molecule has 0 spiro atoms. The Morgan fingerprint density at radius 2 is 1.81 bits per heavy atom. The molecule has 6 nitrogen and oxygen atoms in total. The molecular formula is C15H20N2O4. The molecule has 0 bridgehead atoms.